The number of alkyl carbamates (subject to hydrolysis) is 1. The topological polar surface area (TPSA) is 108 Å². The number of aliphatic hydroxyl groups excluding tert-OH is 1. The van der Waals surface area contributed by atoms with Crippen molar-refractivity contribution in [2.24, 2.45) is 0 Å². The maximum Gasteiger partial charge on any atom is 0.408 e. The molecule has 38 heavy (non-hydrogen) atoms. The molecule has 3 N–H and O–H groups in total. The average Bonchev–Trinajstić information content (AvgIpc) is 2.82. The third-order valence-corrected chi connectivity index (χ3v) is 6.57. The van der Waals surface area contributed by atoms with Gasteiger partial charge in [-0.1, -0.05) is 64.2 Å². The molecule has 1 aromatic rings. The minimum absolute atomic E-state index is 0.0600. The van der Waals surface area contributed by atoms with Crippen LogP contribution in [-0.4, -0.2) is 58.8 Å². The highest BCUT2D eigenvalue weighted by Gasteiger charge is 2.37. The van der Waals surface area contributed by atoms with Gasteiger partial charge in [0.15, 0.2) is 0 Å². The number of carbonyl (C=O) groups is 3. The van der Waals surface area contributed by atoms with Crippen LogP contribution in [0.15, 0.2) is 18.2 Å². The maximum absolute atomic E-state index is 13.9. The molecule has 8 heteroatoms. The Morgan fingerprint density at radius 3 is 2.24 bits per heavy atom. The van der Waals surface area contributed by atoms with E-state index in [0.717, 1.165) is 55.2 Å². The van der Waals surface area contributed by atoms with Crippen LogP contribution in [-0.2, 0) is 14.3 Å². The number of nitrogens with one attached hydrogen (secondary N) is 2. The molecule has 8 nitrogen and oxygen atoms in total. The van der Waals surface area contributed by atoms with Crippen molar-refractivity contribution < 1.29 is 24.2 Å². The molecule has 0 heterocycles. The van der Waals surface area contributed by atoms with Crippen molar-refractivity contribution >= 4 is 17.9 Å². The lowest BCUT2D eigenvalue weighted by Crippen LogP contribution is -2.55. The molecule has 0 aromatic heterocycles. The minimum Gasteiger partial charge on any atom is -0.444 e. The van der Waals surface area contributed by atoms with Crippen molar-refractivity contribution in [1.29, 1.82) is 0 Å². The summed E-state index contributed by atoms with van der Waals surface area (Å²) in [6, 6.07) is 3.54. The highest BCUT2D eigenvalue weighted by molar-refractivity contribution is 5.92. The van der Waals surface area contributed by atoms with Crippen molar-refractivity contribution in [3.05, 3.63) is 34.9 Å². The molecule has 0 radical (unpaired) electrons. The number of hydrogen-bond acceptors (Lipinski definition) is 5. The van der Waals surface area contributed by atoms with E-state index in [1.54, 1.807) is 20.8 Å². The van der Waals surface area contributed by atoms with Crippen LogP contribution >= 0.6 is 0 Å². The molecule has 1 rings (SSSR count). The first kappa shape index (κ1) is 33.4. The zero-order chi connectivity index (χ0) is 28.9. The average molecular weight is 534 g/mol. The van der Waals surface area contributed by atoms with Crippen molar-refractivity contribution in [3.63, 3.8) is 0 Å². The van der Waals surface area contributed by atoms with Crippen LogP contribution in [0.3, 0.4) is 0 Å². The Morgan fingerprint density at radius 2 is 1.66 bits per heavy atom. The van der Waals surface area contributed by atoms with Crippen LogP contribution in [0.2, 0.25) is 0 Å². The van der Waals surface area contributed by atoms with E-state index in [1.807, 2.05) is 39.0 Å². The van der Waals surface area contributed by atoms with Crippen LogP contribution in [0.25, 0.3) is 0 Å². The summed E-state index contributed by atoms with van der Waals surface area (Å²) in [5, 5.41) is 15.7. The zero-order valence-electron chi connectivity index (χ0n) is 24.9. The molecule has 0 aliphatic heterocycles. The maximum atomic E-state index is 13.9. The lowest BCUT2D eigenvalue weighted by atomic mass is 9.94. The third-order valence-electron chi connectivity index (χ3n) is 6.57. The molecule has 0 aliphatic carbocycles. The second-order valence-corrected chi connectivity index (χ2v) is 11.2. The molecule has 0 saturated heterocycles. The fourth-order valence-corrected chi connectivity index (χ4v) is 4.44. The van der Waals surface area contributed by atoms with Crippen LogP contribution in [0.1, 0.15) is 109 Å². The number of carbonyl (C=O) groups excluding carboxylic acids is 3. The van der Waals surface area contributed by atoms with Gasteiger partial charge in [0.05, 0.1) is 6.61 Å². The first-order chi connectivity index (χ1) is 17.9. The van der Waals surface area contributed by atoms with Gasteiger partial charge in [-0.3, -0.25) is 9.59 Å². The molecule has 0 spiro atoms. The summed E-state index contributed by atoms with van der Waals surface area (Å²) in [6.45, 7) is 15.0. The van der Waals surface area contributed by atoms with E-state index in [-0.39, 0.29) is 11.9 Å². The van der Waals surface area contributed by atoms with Gasteiger partial charge in [0.1, 0.15) is 17.7 Å². The number of amides is 3. The minimum atomic E-state index is -1.24. The molecule has 0 fully saturated rings. The van der Waals surface area contributed by atoms with E-state index < -0.39 is 36.3 Å². The number of unbranched alkanes of at least 4 members (excludes halogenated alkanes) is 4. The summed E-state index contributed by atoms with van der Waals surface area (Å²) in [5.41, 5.74) is 1.92. The van der Waals surface area contributed by atoms with E-state index in [2.05, 4.69) is 24.5 Å². The molecule has 216 valence electrons. The van der Waals surface area contributed by atoms with Crippen LogP contribution in [0, 0.1) is 13.8 Å². The fraction of sp³-hybridized carbons (Fsp3) is 0.700. The largest absolute Gasteiger partial charge is 0.444 e. The Bertz CT molecular complexity index is 896. The quantitative estimate of drug-likeness (QED) is 0.264. The van der Waals surface area contributed by atoms with Crippen molar-refractivity contribution in [2.45, 2.75) is 124 Å². The van der Waals surface area contributed by atoms with E-state index >= 15 is 0 Å². The smallest absolute Gasteiger partial charge is 0.408 e. The Labute approximate surface area is 229 Å². The summed E-state index contributed by atoms with van der Waals surface area (Å²) in [4.78, 5) is 41.8. The molecule has 0 aliphatic rings. The highest BCUT2D eigenvalue weighted by Crippen LogP contribution is 2.28. The van der Waals surface area contributed by atoms with Crippen molar-refractivity contribution in [3.8, 4) is 0 Å². The SMILES string of the molecule is CCCCCCCN(C(=O)C(CO)NC(=O)OC(C)(C)C)C(C(=O)NC(C)CCC)c1cccc(C)c1C. The highest BCUT2D eigenvalue weighted by atomic mass is 16.6. The predicted molar refractivity (Wildman–Crippen MR) is 152 cm³/mol. The van der Waals surface area contributed by atoms with E-state index in [9.17, 15) is 19.5 Å². The van der Waals surface area contributed by atoms with Gasteiger partial charge in [-0.25, -0.2) is 4.79 Å². The Kier molecular flexibility index (Phi) is 14.4. The summed E-state index contributed by atoms with van der Waals surface area (Å²) in [5.74, 6) is -0.784. The molecular formula is C30H51N3O5. The molecule has 0 saturated carbocycles. The van der Waals surface area contributed by atoms with Gasteiger partial charge in [0, 0.05) is 12.6 Å². The molecule has 3 amide bonds. The number of nitrogens with zero attached hydrogens (tertiary/aromatic N) is 1. The van der Waals surface area contributed by atoms with Gasteiger partial charge < -0.3 is 25.4 Å². The van der Waals surface area contributed by atoms with Crippen LogP contribution < -0.4 is 10.6 Å². The summed E-state index contributed by atoms with van der Waals surface area (Å²) in [7, 11) is 0. The second kappa shape index (κ2) is 16.4. The Hall–Kier alpha value is -2.61. The molecule has 3 atom stereocenters. The number of benzene rings is 1. The van der Waals surface area contributed by atoms with E-state index in [4.69, 9.17) is 4.74 Å². The lowest BCUT2D eigenvalue weighted by molar-refractivity contribution is -0.143. The van der Waals surface area contributed by atoms with Crippen LogP contribution in [0.5, 0.6) is 0 Å². The third kappa shape index (κ3) is 11.0. The summed E-state index contributed by atoms with van der Waals surface area (Å²) >= 11 is 0. The van der Waals surface area contributed by atoms with Crippen LogP contribution in [0.4, 0.5) is 4.79 Å². The molecule has 0 bridgehead atoms. The Morgan fingerprint density at radius 1 is 1.00 bits per heavy atom. The van der Waals surface area contributed by atoms with Gasteiger partial charge in [0.25, 0.3) is 0 Å². The summed E-state index contributed by atoms with van der Waals surface area (Å²) < 4.78 is 5.32. The number of rotatable bonds is 15. The lowest BCUT2D eigenvalue weighted by Gasteiger charge is -2.35. The molecular weight excluding hydrogens is 482 g/mol. The van der Waals surface area contributed by atoms with Crippen molar-refractivity contribution in [2.75, 3.05) is 13.2 Å². The first-order valence-corrected chi connectivity index (χ1v) is 14.1. The fourth-order valence-electron chi connectivity index (χ4n) is 4.44. The van der Waals surface area contributed by atoms with Gasteiger partial charge in [0.2, 0.25) is 11.8 Å². The number of hydrogen-bond donors (Lipinski definition) is 3. The van der Waals surface area contributed by atoms with Gasteiger partial charge >= 0.3 is 6.09 Å². The Balaban J connectivity index is 3.47. The molecule has 3 unspecified atom stereocenters. The van der Waals surface area contributed by atoms with Crippen molar-refractivity contribution in [1.82, 2.24) is 15.5 Å². The number of ether oxygens (including phenoxy) is 1. The normalized spacial score (nSPS) is 13.8. The predicted octanol–water partition coefficient (Wildman–Crippen LogP) is 5.33. The van der Waals surface area contributed by atoms with E-state index in [1.165, 1.54) is 4.90 Å². The monoisotopic (exact) mass is 533 g/mol. The first-order valence-electron chi connectivity index (χ1n) is 14.1. The number of aryl methyl sites for hydroxylation is 1. The standard InChI is InChI=1S/C30H51N3O5/c1-9-11-12-13-14-19-33(28(36)25(20-34)32-29(37)38-30(6,7)8)26(27(35)31-22(4)16-10-2)24-18-15-17-21(3)23(24)5/h15,17-18,22,25-26,34H,9-14,16,19-20H2,1-8H3,(H,31,35)(H,32,37). The molecule has 1 aromatic carbocycles. The zero-order valence-corrected chi connectivity index (χ0v) is 24.9. The number of aliphatic hydroxyl groups is 1. The second-order valence-electron chi connectivity index (χ2n) is 11.2. The van der Waals surface area contributed by atoms with Gasteiger partial charge in [-0.05, 0) is 71.1 Å². The van der Waals surface area contributed by atoms with Gasteiger partial charge in [-0.15, -0.1) is 0 Å². The van der Waals surface area contributed by atoms with Gasteiger partial charge in [-0.2, -0.15) is 0 Å². The summed E-state index contributed by atoms with van der Waals surface area (Å²) in [6.07, 6.45) is 5.78. The van der Waals surface area contributed by atoms with E-state index in [0.29, 0.717) is 13.0 Å².